The fourth-order valence-electron chi connectivity index (χ4n) is 1.86. The monoisotopic (exact) mass is 364 g/mol. The molecule has 0 aliphatic rings. The van der Waals surface area contributed by atoms with E-state index in [-0.39, 0.29) is 0 Å². The standard InChI is InChI=1S/C14H13BrN4OS/c15-10-3-1-9(2-4-10)7-12-18-14(20-19-12)11-8-21-13(17-11)5-6-16/h1-4,8H,5-7,16H2. The lowest BCUT2D eigenvalue weighted by Crippen LogP contribution is -2.01. The van der Waals surface area contributed by atoms with Gasteiger partial charge in [-0.3, -0.25) is 0 Å². The molecule has 0 bridgehead atoms. The van der Waals surface area contributed by atoms with Gasteiger partial charge in [-0.25, -0.2) is 4.98 Å². The highest BCUT2D eigenvalue weighted by atomic mass is 79.9. The van der Waals surface area contributed by atoms with Gasteiger partial charge >= 0.3 is 0 Å². The van der Waals surface area contributed by atoms with E-state index in [2.05, 4.69) is 31.1 Å². The lowest BCUT2D eigenvalue weighted by Gasteiger charge is -1.96. The molecule has 2 heterocycles. The van der Waals surface area contributed by atoms with Crippen LogP contribution in [0.2, 0.25) is 0 Å². The van der Waals surface area contributed by atoms with Crippen molar-refractivity contribution in [2.75, 3.05) is 6.54 Å². The van der Waals surface area contributed by atoms with Gasteiger partial charge < -0.3 is 10.3 Å². The zero-order valence-electron chi connectivity index (χ0n) is 11.1. The van der Waals surface area contributed by atoms with Gasteiger partial charge in [0.25, 0.3) is 5.89 Å². The lowest BCUT2D eigenvalue weighted by molar-refractivity contribution is 0.423. The molecule has 0 aliphatic carbocycles. The van der Waals surface area contributed by atoms with Crippen LogP contribution < -0.4 is 5.73 Å². The third-order valence-electron chi connectivity index (χ3n) is 2.87. The summed E-state index contributed by atoms with van der Waals surface area (Å²) in [7, 11) is 0. The van der Waals surface area contributed by atoms with E-state index < -0.39 is 0 Å². The first-order valence-corrected chi connectivity index (χ1v) is 8.14. The van der Waals surface area contributed by atoms with Crippen molar-refractivity contribution in [2.45, 2.75) is 12.8 Å². The van der Waals surface area contributed by atoms with Gasteiger partial charge in [0, 0.05) is 22.7 Å². The zero-order chi connectivity index (χ0) is 14.7. The van der Waals surface area contributed by atoms with Crippen molar-refractivity contribution in [3.8, 4) is 11.6 Å². The molecule has 21 heavy (non-hydrogen) atoms. The minimum absolute atomic E-state index is 0.460. The number of thiazole rings is 1. The summed E-state index contributed by atoms with van der Waals surface area (Å²) in [6.45, 7) is 0.589. The number of benzene rings is 1. The molecule has 0 aliphatic heterocycles. The first kappa shape index (κ1) is 14.4. The molecule has 2 N–H and O–H groups in total. The number of aromatic nitrogens is 3. The summed E-state index contributed by atoms with van der Waals surface area (Å²) >= 11 is 4.97. The minimum atomic E-state index is 0.460. The van der Waals surface area contributed by atoms with E-state index in [9.17, 15) is 0 Å². The Labute approximate surface area is 134 Å². The smallest absolute Gasteiger partial charge is 0.277 e. The van der Waals surface area contributed by atoms with Crippen molar-refractivity contribution in [1.29, 1.82) is 0 Å². The van der Waals surface area contributed by atoms with Crippen molar-refractivity contribution in [3.63, 3.8) is 0 Å². The fourth-order valence-corrected chi connectivity index (χ4v) is 2.91. The summed E-state index contributed by atoms with van der Waals surface area (Å²) in [6, 6.07) is 8.05. The Morgan fingerprint density at radius 1 is 1.19 bits per heavy atom. The molecule has 0 radical (unpaired) electrons. The minimum Gasteiger partial charge on any atom is -0.332 e. The molecule has 3 rings (SSSR count). The molecular weight excluding hydrogens is 352 g/mol. The number of nitrogens with zero attached hydrogens (tertiary/aromatic N) is 3. The Hall–Kier alpha value is -1.57. The van der Waals surface area contributed by atoms with Gasteiger partial charge in [0.2, 0.25) is 0 Å². The molecule has 108 valence electrons. The second-order valence-electron chi connectivity index (χ2n) is 4.48. The van der Waals surface area contributed by atoms with Crippen LogP contribution in [-0.4, -0.2) is 21.7 Å². The number of rotatable bonds is 5. The van der Waals surface area contributed by atoms with Crippen LogP contribution >= 0.6 is 27.3 Å². The molecule has 0 atom stereocenters. The maximum atomic E-state index is 5.52. The topological polar surface area (TPSA) is 77.8 Å². The summed E-state index contributed by atoms with van der Waals surface area (Å²) in [5, 5.41) is 6.91. The van der Waals surface area contributed by atoms with Crippen LogP contribution in [0, 0.1) is 0 Å². The van der Waals surface area contributed by atoms with Crippen molar-refractivity contribution in [2.24, 2.45) is 5.73 Å². The second kappa shape index (κ2) is 6.46. The Morgan fingerprint density at radius 2 is 2.00 bits per heavy atom. The SMILES string of the molecule is NCCc1nc(-c2nc(Cc3ccc(Br)cc3)no2)cs1. The number of hydrogen-bond acceptors (Lipinski definition) is 6. The van der Waals surface area contributed by atoms with Crippen molar-refractivity contribution >= 4 is 27.3 Å². The van der Waals surface area contributed by atoms with E-state index >= 15 is 0 Å². The van der Waals surface area contributed by atoms with E-state index in [1.54, 1.807) is 11.3 Å². The molecule has 0 fully saturated rings. The first-order chi connectivity index (χ1) is 10.2. The maximum Gasteiger partial charge on any atom is 0.277 e. The van der Waals surface area contributed by atoms with Gasteiger partial charge in [0.15, 0.2) is 5.82 Å². The van der Waals surface area contributed by atoms with Crippen LogP contribution in [0.25, 0.3) is 11.6 Å². The van der Waals surface area contributed by atoms with Crippen molar-refractivity contribution in [1.82, 2.24) is 15.1 Å². The van der Waals surface area contributed by atoms with Gasteiger partial charge in [-0.15, -0.1) is 11.3 Å². The molecule has 0 saturated heterocycles. The van der Waals surface area contributed by atoms with Crippen molar-refractivity contribution in [3.05, 3.63) is 50.5 Å². The Bertz CT molecular complexity index is 723. The molecule has 0 amide bonds. The van der Waals surface area contributed by atoms with Crippen LogP contribution in [0.4, 0.5) is 0 Å². The summed E-state index contributed by atoms with van der Waals surface area (Å²) in [4.78, 5) is 8.83. The third-order valence-corrected chi connectivity index (χ3v) is 4.31. The quantitative estimate of drug-likeness (QED) is 0.752. The summed E-state index contributed by atoms with van der Waals surface area (Å²) in [6.07, 6.45) is 1.40. The predicted octanol–water partition coefficient (Wildman–Crippen LogP) is 3.05. The fraction of sp³-hybridized carbons (Fsp3) is 0.214. The number of halogens is 1. The first-order valence-electron chi connectivity index (χ1n) is 6.46. The largest absolute Gasteiger partial charge is 0.332 e. The maximum absolute atomic E-state index is 5.52. The Kier molecular flexibility index (Phi) is 4.42. The second-order valence-corrected chi connectivity index (χ2v) is 6.34. The van der Waals surface area contributed by atoms with Crippen LogP contribution in [-0.2, 0) is 12.8 Å². The Morgan fingerprint density at radius 3 is 2.76 bits per heavy atom. The molecular formula is C14H13BrN4OS. The van der Waals surface area contributed by atoms with Crippen molar-refractivity contribution < 1.29 is 4.52 Å². The molecule has 2 aromatic heterocycles. The third kappa shape index (κ3) is 3.55. The van der Waals surface area contributed by atoms with Crippen LogP contribution in [0.5, 0.6) is 0 Å². The van der Waals surface area contributed by atoms with Gasteiger partial charge in [0.05, 0.1) is 5.01 Å². The highest BCUT2D eigenvalue weighted by Gasteiger charge is 2.12. The highest BCUT2D eigenvalue weighted by molar-refractivity contribution is 9.10. The molecule has 1 aromatic carbocycles. The zero-order valence-corrected chi connectivity index (χ0v) is 13.5. The predicted molar refractivity (Wildman–Crippen MR) is 85.1 cm³/mol. The van der Waals surface area contributed by atoms with Crippen LogP contribution in [0.1, 0.15) is 16.4 Å². The normalized spacial score (nSPS) is 11.0. The van der Waals surface area contributed by atoms with Crippen LogP contribution in [0.15, 0.2) is 38.6 Å². The van der Waals surface area contributed by atoms with E-state index in [1.165, 1.54) is 0 Å². The molecule has 7 heteroatoms. The Balaban J connectivity index is 1.74. The molecule has 0 spiro atoms. The number of nitrogens with two attached hydrogens (primary N) is 1. The summed E-state index contributed by atoms with van der Waals surface area (Å²) in [5.41, 5.74) is 7.37. The average Bonchev–Trinajstić information content (AvgIpc) is 3.11. The van der Waals surface area contributed by atoms with E-state index in [0.29, 0.717) is 24.7 Å². The van der Waals surface area contributed by atoms with E-state index in [0.717, 1.165) is 27.2 Å². The van der Waals surface area contributed by atoms with Gasteiger partial charge in [0.1, 0.15) is 5.69 Å². The summed E-state index contributed by atoms with van der Waals surface area (Å²) in [5.74, 6) is 1.11. The highest BCUT2D eigenvalue weighted by Crippen LogP contribution is 2.21. The van der Waals surface area contributed by atoms with Gasteiger partial charge in [-0.2, -0.15) is 4.98 Å². The molecule has 0 saturated carbocycles. The summed E-state index contributed by atoms with van der Waals surface area (Å²) < 4.78 is 6.33. The van der Waals surface area contributed by atoms with Gasteiger partial charge in [-0.05, 0) is 24.2 Å². The van der Waals surface area contributed by atoms with Gasteiger partial charge in [-0.1, -0.05) is 33.2 Å². The van der Waals surface area contributed by atoms with E-state index in [1.807, 2.05) is 29.6 Å². The van der Waals surface area contributed by atoms with E-state index in [4.69, 9.17) is 10.3 Å². The van der Waals surface area contributed by atoms with Crippen LogP contribution in [0.3, 0.4) is 0 Å². The molecule has 5 nitrogen and oxygen atoms in total. The lowest BCUT2D eigenvalue weighted by atomic mass is 10.1. The average molecular weight is 365 g/mol. The number of hydrogen-bond donors (Lipinski definition) is 1. The molecule has 0 unspecified atom stereocenters. The molecule has 3 aromatic rings.